The lowest BCUT2D eigenvalue weighted by atomic mass is 9.99. The van der Waals surface area contributed by atoms with Gasteiger partial charge in [-0.25, -0.2) is 14.4 Å². The number of ether oxygens (including phenoxy) is 1. The first kappa shape index (κ1) is 24.6. The van der Waals surface area contributed by atoms with Crippen LogP contribution in [0.4, 0.5) is 17.6 Å². The number of aromatic nitrogens is 2. The van der Waals surface area contributed by atoms with Gasteiger partial charge in [0, 0.05) is 23.3 Å². The van der Waals surface area contributed by atoms with Crippen LogP contribution in [-0.2, 0) is 19.3 Å². The fourth-order valence-corrected chi connectivity index (χ4v) is 3.88. The zero-order chi connectivity index (χ0) is 24.8. The third-order valence-corrected chi connectivity index (χ3v) is 5.83. The molecule has 35 heavy (non-hydrogen) atoms. The Bertz CT molecular complexity index is 1270. The average molecular weight is 483 g/mol. The summed E-state index contributed by atoms with van der Waals surface area (Å²) < 4.78 is 56.7. The normalized spacial score (nSPS) is 11.7. The fourth-order valence-electron chi connectivity index (χ4n) is 3.88. The highest BCUT2D eigenvalue weighted by atomic mass is 19.4. The minimum Gasteiger partial charge on any atom is -0.484 e. The van der Waals surface area contributed by atoms with Crippen molar-refractivity contribution >= 4 is 10.8 Å². The van der Waals surface area contributed by atoms with Crippen molar-refractivity contribution < 1.29 is 22.3 Å². The molecular formula is C28H26F4N2O. The lowest BCUT2D eigenvalue weighted by Crippen LogP contribution is -2.19. The molecule has 1 heterocycles. The van der Waals surface area contributed by atoms with Crippen LogP contribution in [0.5, 0.6) is 5.75 Å². The Kier molecular flexibility index (Phi) is 7.63. The van der Waals surface area contributed by atoms with E-state index in [0.717, 1.165) is 41.3 Å². The quantitative estimate of drug-likeness (QED) is 0.232. The first-order valence-electron chi connectivity index (χ1n) is 11.6. The molecule has 4 rings (SSSR count). The van der Waals surface area contributed by atoms with Gasteiger partial charge in [0.2, 0.25) is 0 Å². The summed E-state index contributed by atoms with van der Waals surface area (Å²) in [6.45, 7) is 0.819. The Morgan fingerprint density at radius 3 is 2.26 bits per heavy atom. The van der Waals surface area contributed by atoms with Crippen LogP contribution >= 0.6 is 0 Å². The van der Waals surface area contributed by atoms with Crippen molar-refractivity contribution in [2.45, 2.75) is 45.2 Å². The third-order valence-electron chi connectivity index (χ3n) is 5.83. The van der Waals surface area contributed by atoms with Crippen LogP contribution in [0, 0.1) is 5.82 Å². The van der Waals surface area contributed by atoms with E-state index in [1.54, 1.807) is 24.3 Å². The molecular weight excluding hydrogens is 456 g/mol. The molecule has 0 N–H and O–H groups in total. The summed E-state index contributed by atoms with van der Waals surface area (Å²) in [4.78, 5) is 8.94. The van der Waals surface area contributed by atoms with Crippen LogP contribution in [0.15, 0.2) is 67.0 Å². The number of nitrogens with zero attached hydrogens (tertiary/aromatic N) is 2. The summed E-state index contributed by atoms with van der Waals surface area (Å²) in [5.41, 5.74) is 3.41. The predicted molar refractivity (Wildman–Crippen MR) is 129 cm³/mol. The molecule has 1 aromatic heterocycles. The zero-order valence-corrected chi connectivity index (χ0v) is 19.4. The van der Waals surface area contributed by atoms with Gasteiger partial charge in [0.15, 0.2) is 12.4 Å². The molecule has 0 radical (unpaired) electrons. The van der Waals surface area contributed by atoms with Gasteiger partial charge in [-0.05, 0) is 66.0 Å². The Labute approximate surface area is 201 Å². The largest absolute Gasteiger partial charge is 0.484 e. The molecule has 0 aliphatic heterocycles. The second kappa shape index (κ2) is 10.8. The Morgan fingerprint density at radius 1 is 0.829 bits per heavy atom. The second-order valence-corrected chi connectivity index (χ2v) is 8.54. The summed E-state index contributed by atoms with van der Waals surface area (Å²) >= 11 is 0. The van der Waals surface area contributed by atoms with Gasteiger partial charge in [0.05, 0.1) is 0 Å². The number of benzene rings is 3. The van der Waals surface area contributed by atoms with Gasteiger partial charge in [-0.2, -0.15) is 13.2 Å². The first-order chi connectivity index (χ1) is 16.8. The molecule has 0 unspecified atom stereocenters. The summed E-state index contributed by atoms with van der Waals surface area (Å²) in [5.74, 6) is 0.493. The molecule has 3 aromatic carbocycles. The lowest BCUT2D eigenvalue weighted by Gasteiger charge is -2.10. The van der Waals surface area contributed by atoms with Crippen molar-refractivity contribution in [3.05, 3.63) is 89.5 Å². The van der Waals surface area contributed by atoms with Gasteiger partial charge in [-0.1, -0.05) is 49.7 Å². The topological polar surface area (TPSA) is 35.0 Å². The zero-order valence-electron chi connectivity index (χ0n) is 19.4. The van der Waals surface area contributed by atoms with Crippen molar-refractivity contribution in [1.82, 2.24) is 9.97 Å². The van der Waals surface area contributed by atoms with Gasteiger partial charge in [-0.3, -0.25) is 0 Å². The van der Waals surface area contributed by atoms with Crippen molar-refractivity contribution in [2.24, 2.45) is 0 Å². The van der Waals surface area contributed by atoms with Crippen LogP contribution < -0.4 is 4.74 Å². The average Bonchev–Trinajstić information content (AvgIpc) is 2.86. The monoisotopic (exact) mass is 482 g/mol. The number of hydrogen-bond acceptors (Lipinski definition) is 3. The SMILES string of the molecule is CCCCc1cnc(-c2ccc3c(F)c(CCc4ccc(OCC(F)(F)F)cc4)ccc3c2)nc1. The third kappa shape index (κ3) is 6.56. The maximum Gasteiger partial charge on any atom is 0.422 e. The number of halogens is 4. The van der Waals surface area contributed by atoms with Gasteiger partial charge < -0.3 is 4.74 Å². The molecule has 7 heteroatoms. The highest BCUT2D eigenvalue weighted by molar-refractivity contribution is 5.87. The summed E-state index contributed by atoms with van der Waals surface area (Å²) in [6.07, 6.45) is 3.51. The van der Waals surface area contributed by atoms with Gasteiger partial charge >= 0.3 is 6.18 Å². The standard InChI is InChI=1S/C28H26F4N2O/c1-2-3-4-20-16-33-27(34-17-20)23-11-14-25-22(15-23)10-9-21(26(25)29)8-5-19-6-12-24(13-7-19)35-18-28(30,31)32/h6-7,9-17H,2-5,8,18H2,1H3. The summed E-state index contributed by atoms with van der Waals surface area (Å²) in [6, 6.07) is 15.5. The Balaban J connectivity index is 1.43. The van der Waals surface area contributed by atoms with Gasteiger partial charge in [-0.15, -0.1) is 0 Å². The lowest BCUT2D eigenvalue weighted by molar-refractivity contribution is -0.153. The summed E-state index contributed by atoms with van der Waals surface area (Å²) in [5, 5.41) is 1.30. The van der Waals surface area contributed by atoms with Crippen molar-refractivity contribution in [1.29, 1.82) is 0 Å². The van der Waals surface area contributed by atoms with E-state index in [-0.39, 0.29) is 11.6 Å². The fraction of sp³-hybridized carbons (Fsp3) is 0.286. The van der Waals surface area contributed by atoms with E-state index in [4.69, 9.17) is 4.74 Å². The number of alkyl halides is 3. The number of unbranched alkanes of at least 4 members (excludes halogenated alkanes) is 1. The highest BCUT2D eigenvalue weighted by Crippen LogP contribution is 2.27. The van der Waals surface area contributed by atoms with E-state index in [2.05, 4.69) is 16.9 Å². The molecule has 182 valence electrons. The van der Waals surface area contributed by atoms with Crippen molar-refractivity contribution in [2.75, 3.05) is 6.61 Å². The molecule has 0 saturated carbocycles. The molecule has 3 nitrogen and oxygen atoms in total. The molecule has 0 spiro atoms. The van der Waals surface area contributed by atoms with E-state index >= 15 is 4.39 Å². The number of aryl methyl sites for hydroxylation is 3. The molecule has 0 atom stereocenters. The predicted octanol–water partition coefficient (Wildman–Crippen LogP) is 7.50. The van der Waals surface area contributed by atoms with E-state index < -0.39 is 12.8 Å². The van der Waals surface area contributed by atoms with Crippen molar-refractivity contribution in [3.63, 3.8) is 0 Å². The number of hydrogen-bond donors (Lipinski definition) is 0. The Morgan fingerprint density at radius 2 is 1.57 bits per heavy atom. The molecule has 0 fully saturated rings. The molecule has 4 aromatic rings. The van der Waals surface area contributed by atoms with E-state index in [0.29, 0.717) is 29.6 Å². The Hall–Kier alpha value is -3.48. The minimum atomic E-state index is -4.38. The van der Waals surface area contributed by atoms with E-state index in [9.17, 15) is 13.2 Å². The van der Waals surface area contributed by atoms with Crippen LogP contribution in [0.25, 0.3) is 22.2 Å². The maximum absolute atomic E-state index is 15.2. The molecule has 0 aliphatic carbocycles. The van der Waals surface area contributed by atoms with Crippen LogP contribution in [0.1, 0.15) is 36.5 Å². The van der Waals surface area contributed by atoms with Crippen LogP contribution in [0.2, 0.25) is 0 Å². The number of rotatable bonds is 9. The van der Waals surface area contributed by atoms with Crippen LogP contribution in [0.3, 0.4) is 0 Å². The summed E-state index contributed by atoms with van der Waals surface area (Å²) in [7, 11) is 0. The van der Waals surface area contributed by atoms with Gasteiger partial charge in [0.25, 0.3) is 0 Å². The number of fused-ring (bicyclic) bond motifs is 1. The van der Waals surface area contributed by atoms with Gasteiger partial charge in [0.1, 0.15) is 11.6 Å². The van der Waals surface area contributed by atoms with Crippen molar-refractivity contribution in [3.8, 4) is 17.1 Å². The molecule has 0 amide bonds. The smallest absolute Gasteiger partial charge is 0.422 e. The highest BCUT2D eigenvalue weighted by Gasteiger charge is 2.28. The van der Waals surface area contributed by atoms with E-state index in [1.807, 2.05) is 30.6 Å². The van der Waals surface area contributed by atoms with E-state index in [1.165, 1.54) is 12.1 Å². The first-order valence-corrected chi connectivity index (χ1v) is 11.6. The molecule has 0 saturated heterocycles. The second-order valence-electron chi connectivity index (χ2n) is 8.54. The van der Waals surface area contributed by atoms with Crippen LogP contribution in [-0.4, -0.2) is 22.8 Å². The molecule has 0 bridgehead atoms. The maximum atomic E-state index is 15.2. The minimum absolute atomic E-state index is 0.151. The molecule has 0 aliphatic rings.